The number of pyridine rings is 1. The van der Waals surface area contributed by atoms with Crippen LogP contribution < -0.4 is 0 Å². The number of nitrogens with zero attached hydrogens (tertiary/aromatic N) is 3. The molecular weight excluding hydrogens is 278 g/mol. The summed E-state index contributed by atoms with van der Waals surface area (Å²) in [6.45, 7) is 1.04. The van der Waals surface area contributed by atoms with Crippen molar-refractivity contribution in [2.45, 2.75) is 25.8 Å². The first kappa shape index (κ1) is 13.3. The van der Waals surface area contributed by atoms with Gasteiger partial charge in [-0.1, -0.05) is 0 Å². The molecule has 0 bridgehead atoms. The minimum atomic E-state index is 0.615. The molecule has 0 N–H and O–H groups in total. The zero-order chi connectivity index (χ0) is 13.1. The number of halogens is 1. The van der Waals surface area contributed by atoms with Crippen LogP contribution in [-0.4, -0.2) is 31.9 Å². The first-order chi connectivity index (χ1) is 9.38. The van der Waals surface area contributed by atoms with Crippen LogP contribution in [0.5, 0.6) is 0 Å². The summed E-state index contributed by atoms with van der Waals surface area (Å²) in [5.41, 5.74) is 2.01. The number of fused-ring (bicyclic) bond motifs is 1. The zero-order valence-corrected chi connectivity index (χ0v) is 12.5. The number of hydrogen-bond acceptors (Lipinski definition) is 3. The summed E-state index contributed by atoms with van der Waals surface area (Å²) >= 11 is 7.97. The summed E-state index contributed by atoms with van der Waals surface area (Å²) in [5, 5.41) is 0. The van der Waals surface area contributed by atoms with E-state index in [-0.39, 0.29) is 0 Å². The van der Waals surface area contributed by atoms with Crippen LogP contribution in [0.1, 0.15) is 18.7 Å². The molecule has 0 amide bonds. The number of alkyl halides is 1. The topological polar surface area (TPSA) is 30.7 Å². The minimum Gasteiger partial charge on any atom is -0.312 e. The van der Waals surface area contributed by atoms with E-state index < -0.39 is 0 Å². The molecule has 1 aliphatic heterocycles. The molecule has 0 unspecified atom stereocenters. The van der Waals surface area contributed by atoms with E-state index in [1.807, 2.05) is 18.3 Å². The Morgan fingerprint density at radius 1 is 1.37 bits per heavy atom. The van der Waals surface area contributed by atoms with Gasteiger partial charge in [0, 0.05) is 25.0 Å². The van der Waals surface area contributed by atoms with Crippen LogP contribution in [0.25, 0.3) is 11.2 Å². The lowest BCUT2D eigenvalue weighted by Crippen LogP contribution is -2.18. The Morgan fingerprint density at radius 2 is 2.21 bits per heavy atom. The number of rotatable bonds is 4. The lowest BCUT2D eigenvalue weighted by molar-refractivity contribution is 0.414. The molecule has 0 aromatic carbocycles. The maximum Gasteiger partial charge on any atom is 0.159 e. The Kier molecular flexibility index (Phi) is 4.28. The molecule has 3 rings (SSSR count). The van der Waals surface area contributed by atoms with Crippen molar-refractivity contribution in [1.29, 1.82) is 0 Å². The van der Waals surface area contributed by atoms with Crippen molar-refractivity contribution in [3.05, 3.63) is 24.2 Å². The van der Waals surface area contributed by atoms with Crippen LogP contribution in [0.3, 0.4) is 0 Å². The summed E-state index contributed by atoms with van der Waals surface area (Å²) in [6, 6.07) is 3.98. The van der Waals surface area contributed by atoms with Gasteiger partial charge in [0.1, 0.15) is 11.3 Å². The molecule has 2 aromatic heterocycles. The molecule has 0 spiro atoms. The second kappa shape index (κ2) is 6.14. The van der Waals surface area contributed by atoms with E-state index in [0.717, 1.165) is 35.9 Å². The third kappa shape index (κ3) is 2.90. The molecule has 0 saturated carbocycles. The molecule has 5 heteroatoms. The first-order valence-electron chi connectivity index (χ1n) is 6.82. The SMILES string of the molecule is ClCCc1nc2cccnc2n1CC1CCSCC1. The van der Waals surface area contributed by atoms with Crippen LogP contribution in [0.15, 0.2) is 18.3 Å². The Labute approximate surface area is 122 Å². The van der Waals surface area contributed by atoms with Gasteiger partial charge in [-0.15, -0.1) is 11.6 Å². The zero-order valence-electron chi connectivity index (χ0n) is 10.9. The Hall–Kier alpha value is -0.740. The van der Waals surface area contributed by atoms with Gasteiger partial charge < -0.3 is 4.57 Å². The summed E-state index contributed by atoms with van der Waals surface area (Å²) in [5.74, 6) is 5.03. The molecule has 1 fully saturated rings. The third-order valence-electron chi connectivity index (χ3n) is 3.68. The highest BCUT2D eigenvalue weighted by molar-refractivity contribution is 7.99. The maximum absolute atomic E-state index is 5.90. The maximum atomic E-state index is 5.90. The Morgan fingerprint density at radius 3 is 3.00 bits per heavy atom. The van der Waals surface area contributed by atoms with Crippen LogP contribution in [0.4, 0.5) is 0 Å². The average Bonchev–Trinajstić information content (AvgIpc) is 2.79. The molecule has 0 radical (unpaired) electrons. The minimum absolute atomic E-state index is 0.615. The average molecular weight is 296 g/mol. The number of aryl methyl sites for hydroxylation is 1. The smallest absolute Gasteiger partial charge is 0.159 e. The van der Waals surface area contributed by atoms with E-state index in [0.29, 0.717) is 5.88 Å². The highest BCUT2D eigenvalue weighted by Crippen LogP contribution is 2.26. The standard InChI is InChI=1S/C14H18ClN3S/c15-6-3-13-17-12-2-1-7-16-14(12)18(13)10-11-4-8-19-9-5-11/h1-2,7,11H,3-6,8-10H2. The highest BCUT2D eigenvalue weighted by atomic mass is 35.5. The van der Waals surface area contributed by atoms with Gasteiger partial charge in [0.2, 0.25) is 0 Å². The van der Waals surface area contributed by atoms with Crippen LogP contribution in [-0.2, 0) is 13.0 Å². The van der Waals surface area contributed by atoms with Gasteiger partial charge in [-0.3, -0.25) is 0 Å². The van der Waals surface area contributed by atoms with Crippen LogP contribution >= 0.6 is 23.4 Å². The van der Waals surface area contributed by atoms with Crippen molar-refractivity contribution >= 4 is 34.5 Å². The fourth-order valence-corrected chi connectivity index (χ4v) is 4.03. The molecule has 0 aliphatic carbocycles. The number of aromatic nitrogens is 3. The van der Waals surface area contributed by atoms with Crippen LogP contribution in [0, 0.1) is 5.92 Å². The molecule has 102 valence electrons. The molecular formula is C14H18ClN3S. The van der Waals surface area contributed by atoms with E-state index in [9.17, 15) is 0 Å². The third-order valence-corrected chi connectivity index (χ3v) is 4.92. The van der Waals surface area contributed by atoms with Crippen molar-refractivity contribution < 1.29 is 0 Å². The van der Waals surface area contributed by atoms with Gasteiger partial charge >= 0.3 is 0 Å². The summed E-state index contributed by atoms with van der Waals surface area (Å²) in [6.07, 6.45) is 5.27. The number of hydrogen-bond donors (Lipinski definition) is 0. The summed E-state index contributed by atoms with van der Waals surface area (Å²) in [7, 11) is 0. The summed E-state index contributed by atoms with van der Waals surface area (Å²) < 4.78 is 2.29. The molecule has 1 aliphatic rings. The Bertz CT molecular complexity index is 549. The predicted molar refractivity (Wildman–Crippen MR) is 82.0 cm³/mol. The highest BCUT2D eigenvalue weighted by Gasteiger charge is 2.18. The molecule has 19 heavy (non-hydrogen) atoms. The van der Waals surface area contributed by atoms with E-state index in [1.54, 1.807) is 0 Å². The van der Waals surface area contributed by atoms with Gasteiger partial charge in [-0.25, -0.2) is 9.97 Å². The predicted octanol–water partition coefficient (Wildman–Crippen LogP) is 3.36. The van der Waals surface area contributed by atoms with Crippen molar-refractivity contribution in [2.75, 3.05) is 17.4 Å². The van der Waals surface area contributed by atoms with Crippen molar-refractivity contribution in [2.24, 2.45) is 5.92 Å². The van der Waals surface area contributed by atoms with Crippen LogP contribution in [0.2, 0.25) is 0 Å². The van der Waals surface area contributed by atoms with Gasteiger partial charge in [-0.05, 0) is 42.4 Å². The second-order valence-corrected chi connectivity index (χ2v) is 6.58. The van der Waals surface area contributed by atoms with Gasteiger partial charge in [-0.2, -0.15) is 11.8 Å². The van der Waals surface area contributed by atoms with Crippen molar-refractivity contribution in [3.63, 3.8) is 0 Å². The van der Waals surface area contributed by atoms with Gasteiger partial charge in [0.25, 0.3) is 0 Å². The molecule has 1 saturated heterocycles. The Balaban J connectivity index is 1.92. The van der Waals surface area contributed by atoms with Gasteiger partial charge in [0.15, 0.2) is 5.65 Å². The first-order valence-corrected chi connectivity index (χ1v) is 8.51. The fourth-order valence-electron chi connectivity index (χ4n) is 2.66. The molecule has 3 heterocycles. The quantitative estimate of drug-likeness (QED) is 0.811. The second-order valence-electron chi connectivity index (χ2n) is 4.98. The number of thioether (sulfide) groups is 1. The van der Waals surface area contributed by atoms with E-state index in [2.05, 4.69) is 26.3 Å². The molecule has 0 atom stereocenters. The van der Waals surface area contributed by atoms with Crippen molar-refractivity contribution in [1.82, 2.24) is 14.5 Å². The molecule has 3 nitrogen and oxygen atoms in total. The number of imidazole rings is 1. The monoisotopic (exact) mass is 295 g/mol. The lowest BCUT2D eigenvalue weighted by atomic mass is 10.0. The van der Waals surface area contributed by atoms with Crippen molar-refractivity contribution in [3.8, 4) is 0 Å². The van der Waals surface area contributed by atoms with Gasteiger partial charge in [0.05, 0.1) is 0 Å². The fraction of sp³-hybridized carbons (Fsp3) is 0.571. The van der Waals surface area contributed by atoms with E-state index >= 15 is 0 Å². The lowest BCUT2D eigenvalue weighted by Gasteiger charge is -2.22. The summed E-state index contributed by atoms with van der Waals surface area (Å²) in [4.78, 5) is 9.18. The van der Waals surface area contributed by atoms with E-state index in [4.69, 9.17) is 11.6 Å². The van der Waals surface area contributed by atoms with E-state index in [1.165, 1.54) is 24.3 Å². The normalized spacial score (nSPS) is 17.1. The largest absolute Gasteiger partial charge is 0.312 e. The molecule has 2 aromatic rings.